The normalized spacial score (nSPS) is 15.0. The van der Waals surface area contributed by atoms with Gasteiger partial charge in [-0.3, -0.25) is 19.7 Å². The van der Waals surface area contributed by atoms with E-state index in [4.69, 9.17) is 4.74 Å². The summed E-state index contributed by atoms with van der Waals surface area (Å²) >= 11 is 1.56. The second kappa shape index (κ2) is 7.97. The third kappa shape index (κ3) is 4.14. The molecule has 2 heterocycles. The number of carbonyl (C=O) groups is 1. The monoisotopic (exact) mass is 341 g/mol. The highest BCUT2D eigenvalue weighted by Gasteiger charge is 2.29. The molecule has 0 bridgehead atoms. The van der Waals surface area contributed by atoms with Gasteiger partial charge in [0.25, 0.3) is 5.91 Å². The Morgan fingerprint density at radius 3 is 2.88 bits per heavy atom. The molecule has 0 aliphatic carbocycles. The molecule has 3 rings (SSSR count). The van der Waals surface area contributed by atoms with Gasteiger partial charge in [-0.2, -0.15) is 0 Å². The Labute approximate surface area is 145 Å². The maximum Gasteiger partial charge on any atom is 0.269 e. The molecule has 0 N–H and O–H groups in total. The molecule has 5 nitrogen and oxygen atoms in total. The van der Waals surface area contributed by atoms with Gasteiger partial charge in [0, 0.05) is 24.7 Å². The van der Waals surface area contributed by atoms with Crippen molar-refractivity contribution in [1.29, 1.82) is 0 Å². The molecule has 6 heteroatoms. The number of pyridine rings is 1. The highest BCUT2D eigenvalue weighted by atomic mass is 32.2. The number of carbonyl (C=O) groups excluding carboxylic acids is 1. The van der Waals surface area contributed by atoms with E-state index >= 15 is 0 Å². The van der Waals surface area contributed by atoms with Crippen LogP contribution in [0.5, 0.6) is 5.75 Å². The number of thioether (sulfide) groups is 1. The van der Waals surface area contributed by atoms with Crippen LogP contribution in [-0.4, -0.2) is 40.2 Å². The largest absolute Gasteiger partial charge is 0.481 e. The molecule has 124 valence electrons. The van der Waals surface area contributed by atoms with E-state index in [2.05, 4.69) is 9.98 Å². The molecule has 0 unspecified atom stereocenters. The number of aromatic nitrogens is 1. The summed E-state index contributed by atoms with van der Waals surface area (Å²) in [5.74, 6) is 1.37. The minimum Gasteiger partial charge on any atom is -0.481 e. The topological polar surface area (TPSA) is 54.8 Å². The van der Waals surface area contributed by atoms with E-state index in [9.17, 15) is 4.79 Å². The van der Waals surface area contributed by atoms with Crippen LogP contribution in [0.3, 0.4) is 0 Å². The van der Waals surface area contributed by atoms with Gasteiger partial charge in [0.1, 0.15) is 5.75 Å². The number of hydrogen-bond donors (Lipinski definition) is 0. The van der Waals surface area contributed by atoms with Crippen molar-refractivity contribution in [1.82, 2.24) is 9.88 Å². The Hall–Kier alpha value is -2.34. The number of para-hydroxylation sites is 1. The quantitative estimate of drug-likeness (QED) is 0.839. The minimum absolute atomic E-state index is 0.0613. The fourth-order valence-corrected chi connectivity index (χ4v) is 3.35. The first kappa shape index (κ1) is 16.5. The van der Waals surface area contributed by atoms with Crippen molar-refractivity contribution in [2.24, 2.45) is 4.99 Å². The molecule has 1 atom stereocenters. The minimum atomic E-state index is -0.547. The second-order valence-electron chi connectivity index (χ2n) is 5.38. The first-order chi connectivity index (χ1) is 11.7. The summed E-state index contributed by atoms with van der Waals surface area (Å²) in [6.45, 7) is 3.02. The molecule has 0 fully saturated rings. The van der Waals surface area contributed by atoms with Crippen molar-refractivity contribution in [3.8, 4) is 5.75 Å². The van der Waals surface area contributed by atoms with Crippen LogP contribution in [0.2, 0.25) is 0 Å². The van der Waals surface area contributed by atoms with Gasteiger partial charge >= 0.3 is 0 Å². The Morgan fingerprint density at radius 1 is 1.29 bits per heavy atom. The van der Waals surface area contributed by atoms with E-state index in [1.807, 2.05) is 48.7 Å². The van der Waals surface area contributed by atoms with Gasteiger partial charge in [-0.05, 0) is 30.7 Å². The molecule has 1 aliphatic heterocycles. The van der Waals surface area contributed by atoms with Crippen LogP contribution in [0.1, 0.15) is 12.5 Å². The predicted octanol–water partition coefficient (Wildman–Crippen LogP) is 2.98. The van der Waals surface area contributed by atoms with E-state index in [0.717, 1.165) is 16.5 Å². The number of nitrogens with zero attached hydrogens (tertiary/aromatic N) is 3. The summed E-state index contributed by atoms with van der Waals surface area (Å²) < 4.78 is 5.73. The fraction of sp³-hybridized carbons (Fsp3) is 0.278. The van der Waals surface area contributed by atoms with Gasteiger partial charge in [0.05, 0.1) is 6.54 Å². The van der Waals surface area contributed by atoms with Crippen molar-refractivity contribution >= 4 is 22.8 Å². The summed E-state index contributed by atoms with van der Waals surface area (Å²) in [6, 6.07) is 13.3. The predicted molar refractivity (Wildman–Crippen MR) is 96.1 cm³/mol. The molecule has 1 aromatic carbocycles. The second-order valence-corrected chi connectivity index (χ2v) is 6.32. The van der Waals surface area contributed by atoms with E-state index in [0.29, 0.717) is 18.8 Å². The zero-order chi connectivity index (χ0) is 16.8. The molecular weight excluding hydrogens is 322 g/mol. The molecule has 0 radical (unpaired) electrons. The highest BCUT2D eigenvalue weighted by Crippen LogP contribution is 2.21. The zero-order valence-corrected chi connectivity index (χ0v) is 14.3. The summed E-state index contributed by atoms with van der Waals surface area (Å²) in [7, 11) is 0. The third-order valence-corrected chi connectivity index (χ3v) is 4.65. The van der Waals surface area contributed by atoms with Crippen molar-refractivity contribution < 1.29 is 9.53 Å². The van der Waals surface area contributed by atoms with Gasteiger partial charge in [0.2, 0.25) is 0 Å². The van der Waals surface area contributed by atoms with Crippen LogP contribution in [0.4, 0.5) is 0 Å². The van der Waals surface area contributed by atoms with Crippen molar-refractivity contribution in [3.63, 3.8) is 0 Å². The van der Waals surface area contributed by atoms with E-state index in [1.165, 1.54) is 0 Å². The Bertz CT molecular complexity index is 707. The van der Waals surface area contributed by atoms with Crippen LogP contribution in [-0.2, 0) is 10.5 Å². The van der Waals surface area contributed by atoms with Crippen molar-refractivity contribution in [3.05, 3.63) is 60.4 Å². The molecular formula is C18H19N3O2S. The number of aliphatic imine (C=N–C) groups is 1. The number of rotatable bonds is 5. The van der Waals surface area contributed by atoms with Gasteiger partial charge in [-0.25, -0.2) is 0 Å². The van der Waals surface area contributed by atoms with Crippen LogP contribution in [0.25, 0.3) is 0 Å². The smallest absolute Gasteiger partial charge is 0.269 e. The van der Waals surface area contributed by atoms with Crippen LogP contribution in [0.15, 0.2) is 59.9 Å². The van der Waals surface area contributed by atoms with Gasteiger partial charge in [-0.15, -0.1) is 0 Å². The lowest BCUT2D eigenvalue weighted by Crippen LogP contribution is -2.41. The lowest BCUT2D eigenvalue weighted by Gasteiger charge is -2.22. The van der Waals surface area contributed by atoms with Crippen molar-refractivity contribution in [2.75, 3.05) is 13.1 Å². The molecule has 1 aromatic heterocycles. The zero-order valence-electron chi connectivity index (χ0n) is 13.5. The molecule has 0 spiro atoms. The molecule has 1 aliphatic rings. The Balaban J connectivity index is 1.58. The molecule has 1 amide bonds. The number of benzene rings is 1. The summed E-state index contributed by atoms with van der Waals surface area (Å²) in [5, 5.41) is 0.757. The average Bonchev–Trinajstić information content (AvgIpc) is 3.09. The first-order valence-electron chi connectivity index (χ1n) is 7.83. The van der Waals surface area contributed by atoms with Gasteiger partial charge in [-0.1, -0.05) is 36.0 Å². The van der Waals surface area contributed by atoms with E-state index in [-0.39, 0.29) is 5.91 Å². The molecule has 24 heavy (non-hydrogen) atoms. The lowest BCUT2D eigenvalue weighted by atomic mass is 10.3. The standard InChI is InChI=1S/C18H19N3O2S/c1-14(23-16-7-3-2-4-8-16)17(22)21-11-10-20-18(21)24-13-15-6-5-9-19-12-15/h2-9,12,14H,10-11,13H2,1H3/t14-/m0/s1. The summed E-state index contributed by atoms with van der Waals surface area (Å²) in [5.41, 5.74) is 1.11. The highest BCUT2D eigenvalue weighted by molar-refractivity contribution is 8.13. The summed E-state index contributed by atoms with van der Waals surface area (Å²) in [6.07, 6.45) is 3.03. The van der Waals surface area contributed by atoms with Gasteiger partial charge < -0.3 is 4.74 Å². The molecule has 0 saturated carbocycles. The van der Waals surface area contributed by atoms with Crippen LogP contribution >= 0.6 is 11.8 Å². The summed E-state index contributed by atoms with van der Waals surface area (Å²) in [4.78, 5) is 22.9. The van der Waals surface area contributed by atoms with E-state index in [1.54, 1.807) is 29.8 Å². The lowest BCUT2D eigenvalue weighted by molar-refractivity contribution is -0.133. The van der Waals surface area contributed by atoms with Crippen LogP contribution < -0.4 is 4.74 Å². The van der Waals surface area contributed by atoms with Crippen molar-refractivity contribution in [2.45, 2.75) is 18.8 Å². The SMILES string of the molecule is C[C@H](Oc1ccccc1)C(=O)N1CCN=C1SCc1cccnc1. The Kier molecular flexibility index (Phi) is 5.48. The number of ether oxygens (including phenoxy) is 1. The fourth-order valence-electron chi connectivity index (χ4n) is 2.36. The Morgan fingerprint density at radius 2 is 2.12 bits per heavy atom. The average molecular weight is 341 g/mol. The molecule has 2 aromatic rings. The number of amides is 1. The molecule has 0 saturated heterocycles. The van der Waals surface area contributed by atoms with Crippen LogP contribution in [0, 0.1) is 0 Å². The maximum atomic E-state index is 12.7. The number of hydrogen-bond acceptors (Lipinski definition) is 5. The number of amidine groups is 1. The maximum absolute atomic E-state index is 12.7. The third-order valence-electron chi connectivity index (χ3n) is 3.56. The first-order valence-corrected chi connectivity index (χ1v) is 8.82. The van der Waals surface area contributed by atoms with E-state index < -0.39 is 6.10 Å². The van der Waals surface area contributed by atoms with Gasteiger partial charge in [0.15, 0.2) is 11.3 Å².